The normalized spacial score (nSPS) is 37.3. The highest BCUT2D eigenvalue weighted by Gasteiger charge is 2.64. The average Bonchev–Trinajstić information content (AvgIpc) is 3.08. The average molecular weight is 353 g/mol. The second-order valence-electron chi connectivity index (χ2n) is 6.19. The summed E-state index contributed by atoms with van der Waals surface area (Å²) >= 11 is 0. The monoisotopic (exact) mass is 353 g/mol. The van der Waals surface area contributed by atoms with Crippen molar-refractivity contribution in [2.24, 2.45) is 4.99 Å². The van der Waals surface area contributed by atoms with E-state index in [0.29, 0.717) is 0 Å². The molecule has 0 saturated carbocycles. The minimum atomic E-state index is -1.91. The van der Waals surface area contributed by atoms with Crippen LogP contribution in [0.15, 0.2) is 4.99 Å². The number of hydrogen-bond acceptors (Lipinski definition) is 9. The maximum atomic E-state index is 12.5. The maximum Gasteiger partial charge on any atom is 0.266 e. The van der Waals surface area contributed by atoms with Crippen molar-refractivity contribution in [2.45, 2.75) is 50.4 Å². The Kier molecular flexibility index (Phi) is 4.09. The molecule has 4 N–H and O–H groups in total. The van der Waals surface area contributed by atoms with Crippen LogP contribution in [0.25, 0.3) is 0 Å². The van der Waals surface area contributed by atoms with Gasteiger partial charge in [0.2, 0.25) is 17.4 Å². The topological polar surface area (TPSA) is 156 Å². The molecule has 25 heavy (non-hydrogen) atoms. The van der Waals surface area contributed by atoms with Crippen molar-refractivity contribution in [3.63, 3.8) is 0 Å². The van der Waals surface area contributed by atoms with Crippen LogP contribution in [0.5, 0.6) is 0 Å². The van der Waals surface area contributed by atoms with Crippen molar-refractivity contribution in [3.8, 4) is 0 Å². The predicted molar refractivity (Wildman–Crippen MR) is 82.3 cm³/mol. The largest absolute Gasteiger partial charge is 0.394 e. The zero-order valence-electron chi connectivity index (χ0n) is 13.7. The first-order valence-corrected chi connectivity index (χ1v) is 7.72. The Morgan fingerprint density at radius 2 is 2.20 bits per heavy atom. The summed E-state index contributed by atoms with van der Waals surface area (Å²) in [6.45, 7) is 1.98. The number of aliphatic imine (C=N–C) groups is 1. The van der Waals surface area contributed by atoms with Crippen LogP contribution >= 0.6 is 0 Å². The summed E-state index contributed by atoms with van der Waals surface area (Å²) in [5.41, 5.74) is -1.91. The lowest BCUT2D eigenvalue weighted by Gasteiger charge is -2.46. The van der Waals surface area contributed by atoms with E-state index in [0.717, 1.165) is 4.90 Å². The van der Waals surface area contributed by atoms with E-state index in [-0.39, 0.29) is 6.42 Å². The van der Waals surface area contributed by atoms with Gasteiger partial charge in [-0.1, -0.05) is 0 Å². The summed E-state index contributed by atoms with van der Waals surface area (Å²) < 4.78 is 5.56. The molecule has 0 aliphatic carbocycles. The molecule has 0 aromatic rings. The molecule has 5 atom stereocenters. The Morgan fingerprint density at radius 1 is 1.52 bits per heavy atom. The molecule has 0 aromatic heterocycles. The third-order valence-corrected chi connectivity index (χ3v) is 4.71. The number of nitrogens with one attached hydrogen (secondary N) is 2. The van der Waals surface area contributed by atoms with Crippen LogP contribution in [0.4, 0.5) is 0 Å². The molecule has 11 nitrogen and oxygen atoms in total. The lowest BCUT2D eigenvalue weighted by molar-refractivity contribution is -0.149. The number of hydrogen-bond donors (Lipinski definition) is 4. The number of carbonyl (C=O) groups is 3. The maximum absolute atomic E-state index is 12.5. The molecule has 3 unspecified atom stereocenters. The number of guanidine groups is 1. The van der Waals surface area contributed by atoms with E-state index in [1.54, 1.807) is 0 Å². The van der Waals surface area contributed by atoms with Gasteiger partial charge in [0, 0.05) is 13.3 Å². The molecule has 0 aromatic carbocycles. The Morgan fingerprint density at radius 3 is 2.72 bits per heavy atom. The molecule has 3 heterocycles. The van der Waals surface area contributed by atoms with Crippen molar-refractivity contribution in [3.05, 3.63) is 0 Å². The smallest absolute Gasteiger partial charge is 0.266 e. The molecular weight excluding hydrogens is 334 g/mol. The fraction of sp³-hybridized carbons (Fsp3) is 0.643. The summed E-state index contributed by atoms with van der Waals surface area (Å²) in [4.78, 5) is 43.2. The molecule has 11 heteroatoms. The Labute approximate surface area is 142 Å². The minimum absolute atomic E-state index is 0.0857. The summed E-state index contributed by atoms with van der Waals surface area (Å²) in [5.74, 6) is -2.42. The number of rotatable bonds is 3. The van der Waals surface area contributed by atoms with Crippen molar-refractivity contribution in [1.82, 2.24) is 15.1 Å². The number of Topliss-reactive ketones (excluding diaryl/α,β-unsaturated/α-hetero) is 1. The van der Waals surface area contributed by atoms with E-state index in [1.807, 2.05) is 0 Å². The molecule has 0 bridgehead atoms. The van der Waals surface area contributed by atoms with Crippen LogP contribution in [0.3, 0.4) is 0 Å². The molecule has 0 radical (unpaired) electrons. The Balaban J connectivity index is 2.03. The highest BCUT2D eigenvalue weighted by atomic mass is 16.5. The van der Waals surface area contributed by atoms with Gasteiger partial charge in [-0.3, -0.25) is 30.0 Å². The number of amides is 2. The van der Waals surface area contributed by atoms with Gasteiger partial charge in [0.1, 0.15) is 12.3 Å². The van der Waals surface area contributed by atoms with E-state index in [1.165, 1.54) is 25.1 Å². The summed E-state index contributed by atoms with van der Waals surface area (Å²) in [6.07, 6.45) is -2.49. The highest BCUT2D eigenvalue weighted by molar-refractivity contribution is 6.21. The quantitative estimate of drug-likeness (QED) is 0.404. The van der Waals surface area contributed by atoms with Crippen molar-refractivity contribution in [2.75, 3.05) is 6.61 Å². The fourth-order valence-electron chi connectivity index (χ4n) is 3.44. The van der Waals surface area contributed by atoms with Gasteiger partial charge in [-0.25, -0.2) is 4.99 Å². The first kappa shape index (κ1) is 17.5. The number of fused-ring (bicyclic) bond motifs is 1. The number of nitrogens with zero attached hydrogens (tertiary/aromatic N) is 3. The van der Waals surface area contributed by atoms with Crippen LogP contribution in [0.2, 0.25) is 0 Å². The van der Waals surface area contributed by atoms with Crippen molar-refractivity contribution < 1.29 is 29.3 Å². The number of carbonyl (C=O) groups excluding carboxylic acids is 3. The van der Waals surface area contributed by atoms with Gasteiger partial charge in [0.25, 0.3) is 5.91 Å². The SMILES string of the molecule is CC(=O)N1C(=N)NC(=O)C2(C(C)=O)N=CN([C@H]3CC(O)[C@@H](CO)O3)C12. The van der Waals surface area contributed by atoms with Crippen LogP contribution in [0.1, 0.15) is 20.3 Å². The third kappa shape index (κ3) is 2.34. The summed E-state index contributed by atoms with van der Waals surface area (Å²) in [6, 6.07) is 0. The number of aliphatic hydroxyl groups is 2. The molecule has 3 rings (SSSR count). The molecule has 2 amide bonds. The first-order chi connectivity index (χ1) is 11.7. The summed E-state index contributed by atoms with van der Waals surface area (Å²) in [7, 11) is 0. The fourth-order valence-corrected chi connectivity index (χ4v) is 3.44. The van der Waals surface area contributed by atoms with Crippen LogP contribution in [-0.2, 0) is 19.1 Å². The minimum Gasteiger partial charge on any atom is -0.394 e. The van der Waals surface area contributed by atoms with Crippen molar-refractivity contribution in [1.29, 1.82) is 5.41 Å². The Bertz CT molecular complexity index is 681. The van der Waals surface area contributed by atoms with Gasteiger partial charge in [0.15, 0.2) is 11.9 Å². The summed E-state index contributed by atoms with van der Waals surface area (Å²) in [5, 5.41) is 29.3. The predicted octanol–water partition coefficient (Wildman–Crippen LogP) is -2.63. The molecular formula is C14H19N5O6. The zero-order chi connectivity index (χ0) is 18.5. The van der Waals surface area contributed by atoms with Gasteiger partial charge >= 0.3 is 0 Å². The van der Waals surface area contributed by atoms with E-state index >= 15 is 0 Å². The third-order valence-electron chi connectivity index (χ3n) is 4.71. The number of aliphatic hydroxyl groups excluding tert-OH is 2. The van der Waals surface area contributed by atoms with Crippen LogP contribution in [0, 0.1) is 5.41 Å². The lowest BCUT2D eigenvalue weighted by Crippen LogP contribution is -2.75. The van der Waals surface area contributed by atoms with Gasteiger partial charge in [-0.2, -0.15) is 0 Å². The lowest BCUT2D eigenvalue weighted by atomic mass is 9.87. The molecule has 136 valence electrons. The molecule has 0 spiro atoms. The Hall–Kier alpha value is -2.37. The van der Waals surface area contributed by atoms with E-state index in [4.69, 9.17) is 10.1 Å². The van der Waals surface area contributed by atoms with Gasteiger partial charge in [0.05, 0.1) is 19.0 Å². The number of ketones is 1. The first-order valence-electron chi connectivity index (χ1n) is 7.72. The van der Waals surface area contributed by atoms with Gasteiger partial charge in [-0.05, 0) is 6.92 Å². The van der Waals surface area contributed by atoms with Crippen molar-refractivity contribution >= 4 is 29.9 Å². The second-order valence-corrected chi connectivity index (χ2v) is 6.19. The van der Waals surface area contributed by atoms with E-state index < -0.39 is 60.3 Å². The molecule has 3 aliphatic heterocycles. The van der Waals surface area contributed by atoms with E-state index in [2.05, 4.69) is 10.3 Å². The highest BCUT2D eigenvalue weighted by Crippen LogP contribution is 2.37. The molecule has 2 saturated heterocycles. The zero-order valence-corrected chi connectivity index (χ0v) is 13.7. The van der Waals surface area contributed by atoms with Crippen LogP contribution < -0.4 is 5.32 Å². The second kappa shape index (κ2) is 5.86. The van der Waals surface area contributed by atoms with Gasteiger partial charge < -0.3 is 19.8 Å². The van der Waals surface area contributed by atoms with Gasteiger partial charge in [-0.15, -0.1) is 0 Å². The standard InChI is InChI=1S/C14H19N5O6/c1-6(21)14-11(24)17-13(15)19(7(2)22)12(14)18(5-16-14)10-3-8(23)9(4-20)25-10/h5,8-10,12,20,23H,3-4H2,1-2H3,(H2,15,17,24)/t8?,9-,10-,12?,14?/m1/s1. The van der Waals surface area contributed by atoms with Crippen LogP contribution in [-0.4, -0.2) is 86.7 Å². The van der Waals surface area contributed by atoms with E-state index in [9.17, 15) is 24.6 Å². The number of ether oxygens (including phenoxy) is 1. The molecule has 2 fully saturated rings. The molecule has 3 aliphatic rings.